The molecule has 0 unspecified atom stereocenters. The second kappa shape index (κ2) is 11.8. The summed E-state index contributed by atoms with van der Waals surface area (Å²) in [7, 11) is -8.69. The van der Waals surface area contributed by atoms with Crippen LogP contribution in [0.15, 0.2) is 126 Å². The van der Waals surface area contributed by atoms with E-state index in [0.717, 1.165) is 23.6 Å². The Hall–Kier alpha value is -4.44. The van der Waals surface area contributed by atoms with Gasteiger partial charge in [-0.05, 0) is 29.0 Å². The molecule has 214 valence electrons. The van der Waals surface area contributed by atoms with Crippen molar-refractivity contribution in [1.29, 1.82) is 0 Å². The van der Waals surface area contributed by atoms with Gasteiger partial charge in [-0.2, -0.15) is 13.5 Å². The first-order chi connectivity index (χ1) is 20.1. The molecule has 8 nitrogen and oxygen atoms in total. The van der Waals surface area contributed by atoms with Gasteiger partial charge in [0.25, 0.3) is 5.69 Å². The molecular weight excluding hydrogens is 585 g/mol. The molecule has 0 bridgehead atoms. The molecule has 0 spiro atoms. The number of halogens is 2. The highest BCUT2D eigenvalue weighted by Crippen LogP contribution is 2.58. The summed E-state index contributed by atoms with van der Waals surface area (Å²) >= 11 is 0. The summed E-state index contributed by atoms with van der Waals surface area (Å²) < 4.78 is 77.6. The molecule has 0 radical (unpaired) electrons. The molecule has 5 aromatic rings. The van der Waals surface area contributed by atoms with Gasteiger partial charge in [0, 0.05) is 28.3 Å². The first-order valence-electron chi connectivity index (χ1n) is 12.5. The first-order valence-corrected chi connectivity index (χ1v) is 15.8. The van der Waals surface area contributed by atoms with E-state index in [1.165, 1.54) is 36.4 Å². The number of nitrogens with one attached hydrogen (secondary N) is 1. The lowest BCUT2D eigenvalue weighted by Crippen LogP contribution is -2.35. The van der Waals surface area contributed by atoms with Crippen LogP contribution in [0.1, 0.15) is 11.3 Å². The maximum Gasteiger partial charge on any atom is 0.387 e. The van der Waals surface area contributed by atoms with Gasteiger partial charge in [0.2, 0.25) is 10.0 Å². The zero-order valence-corrected chi connectivity index (χ0v) is 23.4. The van der Waals surface area contributed by atoms with E-state index in [-0.39, 0.29) is 21.1 Å². The summed E-state index contributed by atoms with van der Waals surface area (Å²) in [6.45, 7) is -3.35. The van der Waals surface area contributed by atoms with Crippen molar-refractivity contribution in [3.8, 4) is 5.75 Å². The second-order valence-electron chi connectivity index (χ2n) is 9.22. The Morgan fingerprint density at radius 2 is 1.33 bits per heavy atom. The van der Waals surface area contributed by atoms with Crippen LogP contribution in [-0.2, 0) is 14.6 Å². The third-order valence-electron chi connectivity index (χ3n) is 6.66. The van der Waals surface area contributed by atoms with E-state index in [1.54, 1.807) is 66.7 Å². The Labute approximate surface area is 240 Å². The van der Waals surface area contributed by atoms with Crippen molar-refractivity contribution in [2.24, 2.45) is 0 Å². The molecule has 0 saturated carbocycles. The van der Waals surface area contributed by atoms with E-state index in [0.29, 0.717) is 5.39 Å². The van der Waals surface area contributed by atoms with E-state index in [2.05, 4.69) is 4.72 Å². The van der Waals surface area contributed by atoms with Crippen LogP contribution in [0, 0.1) is 10.1 Å². The van der Waals surface area contributed by atoms with Gasteiger partial charge in [-0.1, -0.05) is 91.0 Å². The van der Waals surface area contributed by atoms with E-state index < -0.39 is 45.9 Å². The minimum atomic E-state index is -4.51. The number of nitro benzene ring substituents is 1. The van der Waals surface area contributed by atoms with Crippen molar-refractivity contribution in [3.63, 3.8) is 0 Å². The van der Waals surface area contributed by atoms with Crippen LogP contribution in [0.25, 0.3) is 10.8 Å². The molecule has 0 amide bonds. The first kappa shape index (κ1) is 29.1. The van der Waals surface area contributed by atoms with Crippen LogP contribution in [0.2, 0.25) is 0 Å². The zero-order chi connectivity index (χ0) is 29.9. The van der Waals surface area contributed by atoms with Gasteiger partial charge in [-0.15, -0.1) is 0 Å². The molecule has 1 N–H and O–H groups in total. The summed E-state index contributed by atoms with van der Waals surface area (Å²) in [5.74, 6) is -2.35. The lowest BCUT2D eigenvalue weighted by Gasteiger charge is -2.30. The smallest absolute Gasteiger partial charge is 0.387 e. The number of nitrogens with zero attached hydrogens (tertiary/aromatic N) is 1. The molecule has 0 aliphatic rings. The highest BCUT2D eigenvalue weighted by atomic mass is 32.2. The monoisotopic (exact) mass is 608 g/mol. The summed E-state index contributed by atoms with van der Waals surface area (Å²) in [6.07, 6.45) is 0. The van der Waals surface area contributed by atoms with Crippen molar-refractivity contribution in [3.05, 3.63) is 137 Å². The summed E-state index contributed by atoms with van der Waals surface area (Å²) in [6, 6.07) is 30.1. The number of hydrogen-bond acceptors (Lipinski definition) is 6. The number of non-ortho nitro benzene ring substituents is 1. The number of alkyl halides is 2. The largest absolute Gasteiger partial charge is 0.434 e. The molecule has 0 aliphatic carbocycles. The lowest BCUT2D eigenvalue weighted by molar-refractivity contribution is -0.385. The van der Waals surface area contributed by atoms with Crippen LogP contribution in [-0.4, -0.2) is 20.0 Å². The Kier molecular flexibility index (Phi) is 8.17. The topological polar surface area (TPSA) is 116 Å². The number of hydrogen-bond donors (Lipinski definition) is 1. The van der Waals surface area contributed by atoms with Crippen molar-refractivity contribution < 1.29 is 31.4 Å². The van der Waals surface area contributed by atoms with Crippen molar-refractivity contribution in [1.82, 2.24) is 4.72 Å². The van der Waals surface area contributed by atoms with Crippen molar-refractivity contribution in [2.45, 2.75) is 17.3 Å². The Morgan fingerprint density at radius 3 is 1.90 bits per heavy atom. The van der Waals surface area contributed by atoms with Crippen LogP contribution in [0.3, 0.4) is 0 Å². The normalized spacial score (nSPS) is 12.7. The third kappa shape index (κ3) is 5.80. The third-order valence-corrected chi connectivity index (χ3v) is 11.5. The lowest BCUT2D eigenvalue weighted by atomic mass is 10.1. The quantitative estimate of drug-likeness (QED) is 0.112. The van der Waals surface area contributed by atoms with Gasteiger partial charge in [0.15, 0.2) is 7.14 Å². The average Bonchev–Trinajstić information content (AvgIpc) is 3.00. The fraction of sp³-hybridized carbons (Fsp3) is 0.0667. The maximum atomic E-state index is 15.4. The fourth-order valence-corrected chi connectivity index (χ4v) is 9.51. The van der Waals surface area contributed by atoms with Crippen LogP contribution in [0.4, 0.5) is 14.5 Å². The number of fused-ring (bicyclic) bond motifs is 1. The molecule has 1 atom stereocenters. The SMILES string of the molecule is O=[N+]([O-])c1ccc(OC(F)F)c([C@@H](NS(=O)(=O)c2ccc3ccccc3c2)P(=O)(c2ccccc2)c2ccccc2)c1. The highest BCUT2D eigenvalue weighted by molar-refractivity contribution is 7.90. The second-order valence-corrected chi connectivity index (χ2v) is 13.8. The Balaban J connectivity index is 1.79. The minimum absolute atomic E-state index is 0.180. The molecule has 0 aromatic heterocycles. The Bertz CT molecular complexity index is 1860. The molecule has 0 fully saturated rings. The molecule has 0 saturated heterocycles. The minimum Gasteiger partial charge on any atom is -0.434 e. The van der Waals surface area contributed by atoms with E-state index in [1.807, 2.05) is 0 Å². The molecule has 0 heterocycles. The van der Waals surface area contributed by atoms with E-state index in [4.69, 9.17) is 4.74 Å². The van der Waals surface area contributed by atoms with Gasteiger partial charge in [-0.3, -0.25) is 10.1 Å². The summed E-state index contributed by atoms with van der Waals surface area (Å²) in [5, 5.41) is 13.5. The van der Waals surface area contributed by atoms with Gasteiger partial charge in [0.1, 0.15) is 11.5 Å². The summed E-state index contributed by atoms with van der Waals surface area (Å²) in [4.78, 5) is 10.8. The number of sulfonamides is 1. The number of benzene rings is 5. The van der Waals surface area contributed by atoms with Crippen LogP contribution < -0.4 is 20.1 Å². The summed E-state index contributed by atoms with van der Waals surface area (Å²) in [5.41, 5.74) is -0.918. The molecule has 12 heteroatoms. The van der Waals surface area contributed by atoms with Gasteiger partial charge in [0.05, 0.1) is 9.82 Å². The van der Waals surface area contributed by atoms with Crippen molar-refractivity contribution >= 4 is 44.2 Å². The molecule has 42 heavy (non-hydrogen) atoms. The molecule has 5 aromatic carbocycles. The predicted molar refractivity (Wildman–Crippen MR) is 156 cm³/mol. The predicted octanol–water partition coefficient (Wildman–Crippen LogP) is 6.34. The maximum absolute atomic E-state index is 15.4. The zero-order valence-electron chi connectivity index (χ0n) is 21.7. The van der Waals surface area contributed by atoms with Gasteiger partial charge in [-0.25, -0.2) is 8.42 Å². The highest BCUT2D eigenvalue weighted by Gasteiger charge is 2.43. The van der Waals surface area contributed by atoms with Crippen molar-refractivity contribution in [2.75, 3.05) is 0 Å². The van der Waals surface area contributed by atoms with E-state index in [9.17, 15) is 27.3 Å². The van der Waals surface area contributed by atoms with Crippen LogP contribution in [0.5, 0.6) is 5.75 Å². The molecule has 5 rings (SSSR count). The fourth-order valence-electron chi connectivity index (χ4n) is 4.70. The Morgan fingerprint density at radius 1 is 0.762 bits per heavy atom. The van der Waals surface area contributed by atoms with Gasteiger partial charge >= 0.3 is 6.61 Å². The van der Waals surface area contributed by atoms with Gasteiger partial charge < -0.3 is 9.30 Å². The number of ether oxygens (including phenoxy) is 1. The average molecular weight is 609 g/mol. The number of rotatable bonds is 10. The van der Waals surface area contributed by atoms with Crippen LogP contribution >= 0.6 is 7.14 Å². The molecular formula is C30H23F2N2O6PS. The van der Waals surface area contributed by atoms with E-state index >= 15 is 4.57 Å². The number of nitro groups is 1. The standard InChI is InChI=1S/C30H23F2N2O6PS/c31-30(32)40-28-18-16-23(34(35)36)20-27(28)29(33-42(38,39)26-17-15-21-9-7-8-10-22(21)19-26)41(37,24-11-3-1-4-12-24)25-13-5-2-6-14-25/h1-20,29-30,33H/t29-/m0/s1. The molecule has 0 aliphatic heterocycles.